The van der Waals surface area contributed by atoms with Gasteiger partial charge in [0, 0.05) is 11.8 Å². The summed E-state index contributed by atoms with van der Waals surface area (Å²) in [6, 6.07) is 2.59. The van der Waals surface area contributed by atoms with Crippen LogP contribution in [0.5, 0.6) is 0 Å². The van der Waals surface area contributed by atoms with Crippen molar-refractivity contribution < 1.29 is 9.90 Å². The molecule has 3 fully saturated rings. The van der Waals surface area contributed by atoms with Gasteiger partial charge in [-0.05, 0) is 78.4 Å². The van der Waals surface area contributed by atoms with Gasteiger partial charge < -0.3 is 5.11 Å². The molecular weight excluding hydrogens is 425 g/mol. The summed E-state index contributed by atoms with van der Waals surface area (Å²) in [6.45, 7) is 2.25. The Morgan fingerprint density at radius 1 is 1.36 bits per heavy atom. The largest absolute Gasteiger partial charge is 0.385 e. The highest BCUT2D eigenvalue weighted by Gasteiger charge is 2.63. The summed E-state index contributed by atoms with van der Waals surface area (Å²) in [4.78, 5) is 11.9. The lowest BCUT2D eigenvalue weighted by Crippen LogP contribution is -2.54. The zero-order valence-electron chi connectivity index (χ0n) is 14.7. The maximum Gasteiger partial charge on any atom is 0.155 e. The summed E-state index contributed by atoms with van der Waals surface area (Å²) in [5.41, 5.74) is 0.382. The second-order valence-corrected chi connectivity index (χ2v) is 9.55. The van der Waals surface area contributed by atoms with Crippen molar-refractivity contribution in [2.45, 2.75) is 57.5 Å². The smallest absolute Gasteiger partial charge is 0.155 e. The van der Waals surface area contributed by atoms with Crippen molar-refractivity contribution in [3.8, 4) is 6.07 Å². The average Bonchev–Trinajstić information content (AvgIpc) is 2.85. The fraction of sp³-hybridized carbons (Fsp3) is 0.714. The van der Waals surface area contributed by atoms with Gasteiger partial charge in [0.15, 0.2) is 5.78 Å². The molecule has 0 aromatic carbocycles. The van der Waals surface area contributed by atoms with E-state index in [0.717, 1.165) is 38.5 Å². The molecule has 0 spiro atoms. The third kappa shape index (κ3) is 2.49. The molecule has 4 aliphatic carbocycles. The molecule has 0 radical (unpaired) electrons. The quantitative estimate of drug-likeness (QED) is 0.595. The SMILES string of the molecule is C[C@]12CCC3C4CCC(=O)C=C4CC(C#N)C3C1CC[C@@]2(O)/C=C\I. The van der Waals surface area contributed by atoms with Gasteiger partial charge in [-0.25, -0.2) is 0 Å². The number of nitriles is 1. The summed E-state index contributed by atoms with van der Waals surface area (Å²) < 4.78 is 1.95. The van der Waals surface area contributed by atoms with E-state index in [1.54, 1.807) is 0 Å². The fourth-order valence-electron chi connectivity index (χ4n) is 6.79. The van der Waals surface area contributed by atoms with E-state index < -0.39 is 5.60 Å². The third-order valence-electron chi connectivity index (χ3n) is 8.07. The highest BCUT2D eigenvalue weighted by Crippen LogP contribution is 2.66. The van der Waals surface area contributed by atoms with Gasteiger partial charge in [-0.15, -0.1) is 0 Å². The molecule has 0 bridgehead atoms. The Bertz CT molecular complexity index is 692. The first-order valence-corrected chi connectivity index (χ1v) is 10.8. The third-order valence-corrected chi connectivity index (χ3v) is 8.43. The Morgan fingerprint density at radius 3 is 2.88 bits per heavy atom. The van der Waals surface area contributed by atoms with Gasteiger partial charge in [-0.2, -0.15) is 5.26 Å². The van der Waals surface area contributed by atoms with Crippen LogP contribution >= 0.6 is 22.6 Å². The van der Waals surface area contributed by atoms with Crippen LogP contribution in [0.1, 0.15) is 51.9 Å². The van der Waals surface area contributed by atoms with E-state index in [9.17, 15) is 15.2 Å². The summed E-state index contributed by atoms with van der Waals surface area (Å²) in [6.07, 6.45) is 10.1. The lowest BCUT2D eigenvalue weighted by molar-refractivity contribution is -0.117. The van der Waals surface area contributed by atoms with Gasteiger partial charge in [-0.3, -0.25) is 4.79 Å². The number of fused-ring (bicyclic) bond motifs is 5. The molecule has 3 nitrogen and oxygen atoms in total. The lowest BCUT2D eigenvalue weighted by atomic mass is 9.48. The molecule has 25 heavy (non-hydrogen) atoms. The second kappa shape index (κ2) is 6.20. The maximum atomic E-state index is 11.9. The number of hydrogen-bond donors (Lipinski definition) is 1. The van der Waals surface area contributed by atoms with Crippen LogP contribution in [0.3, 0.4) is 0 Å². The fourth-order valence-corrected chi connectivity index (χ4v) is 7.39. The molecule has 0 heterocycles. The number of allylic oxidation sites excluding steroid dienone is 1. The standard InChI is InChI=1S/C21H26INO2/c1-20-6-4-17-16-3-2-15(24)11-13(16)10-14(12-23)19(17)18(20)5-7-21(20,25)8-9-22/h8-9,11,14,16-19,25H,2-7,10H2,1H3/b9-8-/t14?,16?,17?,18?,19?,20-,21+/m0/s1. The van der Waals surface area contributed by atoms with Gasteiger partial charge in [-0.1, -0.05) is 35.1 Å². The topological polar surface area (TPSA) is 61.1 Å². The minimum Gasteiger partial charge on any atom is -0.385 e. The van der Waals surface area contributed by atoms with Crippen molar-refractivity contribution in [2.75, 3.05) is 0 Å². The molecule has 0 aliphatic heterocycles. The normalized spacial score (nSPS) is 49.1. The monoisotopic (exact) mass is 451 g/mol. The molecule has 134 valence electrons. The molecule has 5 unspecified atom stereocenters. The van der Waals surface area contributed by atoms with Gasteiger partial charge in [0.05, 0.1) is 17.6 Å². The van der Waals surface area contributed by atoms with Crippen LogP contribution < -0.4 is 0 Å². The summed E-state index contributed by atoms with van der Waals surface area (Å²) >= 11 is 2.20. The van der Waals surface area contributed by atoms with Crippen molar-refractivity contribution in [1.82, 2.24) is 0 Å². The number of rotatable bonds is 1. The molecule has 4 aliphatic rings. The zero-order chi connectivity index (χ0) is 17.8. The molecule has 7 atom stereocenters. The van der Waals surface area contributed by atoms with Crippen LogP contribution in [0.25, 0.3) is 0 Å². The van der Waals surface area contributed by atoms with Crippen LogP contribution in [-0.2, 0) is 4.79 Å². The highest BCUT2D eigenvalue weighted by molar-refractivity contribution is 14.1. The van der Waals surface area contributed by atoms with Crippen molar-refractivity contribution in [1.29, 1.82) is 5.26 Å². The second-order valence-electron chi connectivity index (χ2n) is 8.83. The van der Waals surface area contributed by atoms with E-state index in [2.05, 4.69) is 35.6 Å². The van der Waals surface area contributed by atoms with Gasteiger partial charge in [0.2, 0.25) is 0 Å². The van der Waals surface area contributed by atoms with E-state index >= 15 is 0 Å². The molecular formula is C21H26INO2. The summed E-state index contributed by atoms with van der Waals surface area (Å²) in [5, 5.41) is 21.2. The summed E-state index contributed by atoms with van der Waals surface area (Å²) in [7, 11) is 0. The van der Waals surface area contributed by atoms with E-state index in [-0.39, 0.29) is 17.1 Å². The Balaban J connectivity index is 1.72. The number of nitrogens with zero attached hydrogens (tertiary/aromatic N) is 1. The highest BCUT2D eigenvalue weighted by atomic mass is 127. The molecule has 0 saturated heterocycles. The Morgan fingerprint density at radius 2 is 2.16 bits per heavy atom. The molecule has 4 rings (SSSR count). The predicted molar refractivity (Wildman–Crippen MR) is 105 cm³/mol. The minimum atomic E-state index is -0.734. The van der Waals surface area contributed by atoms with E-state index in [0.29, 0.717) is 30.1 Å². The lowest BCUT2D eigenvalue weighted by Gasteiger charge is -2.56. The van der Waals surface area contributed by atoms with E-state index in [1.807, 2.05) is 16.2 Å². The van der Waals surface area contributed by atoms with Gasteiger partial charge in [0.25, 0.3) is 0 Å². The molecule has 0 aromatic rings. The molecule has 3 saturated carbocycles. The number of carbonyl (C=O) groups excluding carboxylic acids is 1. The average molecular weight is 451 g/mol. The van der Waals surface area contributed by atoms with Crippen LogP contribution in [0.15, 0.2) is 21.8 Å². The van der Waals surface area contributed by atoms with Gasteiger partial charge >= 0.3 is 0 Å². The Kier molecular flexibility index (Phi) is 4.39. The maximum absolute atomic E-state index is 11.9. The number of hydrogen-bond acceptors (Lipinski definition) is 3. The minimum absolute atomic E-state index is 0.00560. The van der Waals surface area contributed by atoms with Crippen LogP contribution in [0.4, 0.5) is 0 Å². The Labute approximate surface area is 163 Å². The van der Waals surface area contributed by atoms with E-state index in [1.165, 1.54) is 5.57 Å². The van der Waals surface area contributed by atoms with Crippen LogP contribution in [0, 0.1) is 46.3 Å². The number of aliphatic hydroxyl groups is 1. The molecule has 0 aromatic heterocycles. The van der Waals surface area contributed by atoms with Crippen molar-refractivity contribution in [2.24, 2.45) is 35.0 Å². The number of ketones is 1. The zero-order valence-corrected chi connectivity index (χ0v) is 16.9. The van der Waals surface area contributed by atoms with E-state index in [4.69, 9.17) is 0 Å². The van der Waals surface area contributed by atoms with Crippen LogP contribution in [-0.4, -0.2) is 16.5 Å². The number of carbonyl (C=O) groups is 1. The first kappa shape index (κ1) is 17.7. The molecule has 4 heteroatoms. The molecule has 1 N–H and O–H groups in total. The van der Waals surface area contributed by atoms with Gasteiger partial charge in [0.1, 0.15) is 0 Å². The number of halogens is 1. The van der Waals surface area contributed by atoms with Crippen LogP contribution in [0.2, 0.25) is 0 Å². The van der Waals surface area contributed by atoms with Crippen molar-refractivity contribution in [3.63, 3.8) is 0 Å². The molecule has 0 amide bonds. The van der Waals surface area contributed by atoms with Crippen molar-refractivity contribution >= 4 is 28.4 Å². The Hall–Kier alpha value is -0.670. The first-order valence-electron chi connectivity index (χ1n) is 9.57. The van der Waals surface area contributed by atoms with Crippen molar-refractivity contribution in [3.05, 3.63) is 21.8 Å². The predicted octanol–water partition coefficient (Wildman–Crippen LogP) is 4.56. The summed E-state index contributed by atoms with van der Waals surface area (Å²) in [5.74, 6) is 2.02. The first-order chi connectivity index (χ1) is 11.9.